The van der Waals surface area contributed by atoms with E-state index in [9.17, 15) is 9.59 Å². The van der Waals surface area contributed by atoms with Gasteiger partial charge in [-0.15, -0.1) is 0 Å². The number of nitrogens with zero attached hydrogens (tertiary/aromatic N) is 2. The molecule has 0 aromatic heterocycles. The summed E-state index contributed by atoms with van der Waals surface area (Å²) < 4.78 is 5.45. The van der Waals surface area contributed by atoms with Gasteiger partial charge in [-0.25, -0.2) is 0 Å². The van der Waals surface area contributed by atoms with Crippen LogP contribution in [0.25, 0.3) is 0 Å². The predicted octanol–water partition coefficient (Wildman–Crippen LogP) is 2.91. The zero-order valence-electron chi connectivity index (χ0n) is 14.1. The Hall–Kier alpha value is -1.05. The second-order valence-electron chi connectivity index (χ2n) is 6.40. The van der Waals surface area contributed by atoms with Gasteiger partial charge in [0.1, 0.15) is 6.10 Å². The molecule has 2 saturated heterocycles. The topological polar surface area (TPSA) is 61.9 Å². The monoisotopic (exact) mass is 419 g/mol. The van der Waals surface area contributed by atoms with Crippen LogP contribution in [0.3, 0.4) is 0 Å². The van der Waals surface area contributed by atoms with Gasteiger partial charge in [0.25, 0.3) is 5.91 Å². The van der Waals surface area contributed by atoms with Crippen molar-refractivity contribution in [2.24, 2.45) is 0 Å². The Kier molecular flexibility index (Phi) is 6.64. The standard InChI is InChI=1S/C17H20Cl3N3O3/c18-11-8-13(20)14(9-12(11)19)21-16(24)10-22-3-5-23(6-4-22)17(25)15-2-1-7-26-15/h8-9,15H,1-7,10H2,(H,21,24)/t15-/m0/s1. The molecule has 1 aromatic rings. The molecule has 2 heterocycles. The number of hydrogen-bond donors (Lipinski definition) is 1. The molecule has 0 radical (unpaired) electrons. The highest BCUT2D eigenvalue weighted by Crippen LogP contribution is 2.32. The highest BCUT2D eigenvalue weighted by atomic mass is 35.5. The molecule has 0 spiro atoms. The molecule has 2 amide bonds. The Morgan fingerprint density at radius 2 is 1.77 bits per heavy atom. The summed E-state index contributed by atoms with van der Waals surface area (Å²) >= 11 is 17.9. The van der Waals surface area contributed by atoms with E-state index in [-0.39, 0.29) is 24.5 Å². The number of piperazine rings is 1. The van der Waals surface area contributed by atoms with Crippen molar-refractivity contribution in [1.29, 1.82) is 0 Å². The van der Waals surface area contributed by atoms with E-state index in [0.29, 0.717) is 53.5 Å². The Labute approximate surface area is 167 Å². The van der Waals surface area contributed by atoms with Crippen LogP contribution in [0.1, 0.15) is 12.8 Å². The highest BCUT2D eigenvalue weighted by molar-refractivity contribution is 6.44. The minimum atomic E-state index is -0.290. The van der Waals surface area contributed by atoms with Gasteiger partial charge in [0, 0.05) is 32.8 Å². The maximum absolute atomic E-state index is 12.3. The number of anilines is 1. The number of ether oxygens (including phenoxy) is 1. The van der Waals surface area contributed by atoms with Crippen LogP contribution in [0, 0.1) is 0 Å². The van der Waals surface area contributed by atoms with Crippen LogP contribution in [0.15, 0.2) is 12.1 Å². The highest BCUT2D eigenvalue weighted by Gasteiger charge is 2.30. The van der Waals surface area contributed by atoms with Crippen molar-refractivity contribution in [3.05, 3.63) is 27.2 Å². The predicted molar refractivity (Wildman–Crippen MR) is 102 cm³/mol. The first kappa shape index (κ1) is 19.7. The maximum atomic E-state index is 12.3. The van der Waals surface area contributed by atoms with E-state index in [1.54, 1.807) is 0 Å². The summed E-state index contributed by atoms with van der Waals surface area (Å²) in [6.45, 7) is 3.35. The minimum absolute atomic E-state index is 0.0641. The number of hydrogen-bond acceptors (Lipinski definition) is 4. The molecule has 142 valence electrons. The Balaban J connectivity index is 1.47. The molecular weight excluding hydrogens is 401 g/mol. The van der Waals surface area contributed by atoms with Gasteiger partial charge >= 0.3 is 0 Å². The molecule has 2 aliphatic heterocycles. The van der Waals surface area contributed by atoms with E-state index in [4.69, 9.17) is 39.5 Å². The summed E-state index contributed by atoms with van der Waals surface area (Å²) in [4.78, 5) is 28.4. The molecule has 1 aromatic carbocycles. The van der Waals surface area contributed by atoms with E-state index < -0.39 is 0 Å². The average molecular weight is 421 g/mol. The van der Waals surface area contributed by atoms with Crippen molar-refractivity contribution in [3.8, 4) is 0 Å². The van der Waals surface area contributed by atoms with Crippen molar-refractivity contribution < 1.29 is 14.3 Å². The van der Waals surface area contributed by atoms with E-state index in [1.165, 1.54) is 12.1 Å². The van der Waals surface area contributed by atoms with Crippen molar-refractivity contribution in [1.82, 2.24) is 9.80 Å². The molecule has 1 N–H and O–H groups in total. The lowest BCUT2D eigenvalue weighted by Gasteiger charge is -2.35. The van der Waals surface area contributed by atoms with Gasteiger partial charge in [-0.3, -0.25) is 14.5 Å². The second kappa shape index (κ2) is 8.76. The lowest BCUT2D eigenvalue weighted by Crippen LogP contribution is -2.52. The summed E-state index contributed by atoms with van der Waals surface area (Å²) in [5.74, 6) is -0.126. The average Bonchev–Trinajstić information content (AvgIpc) is 3.14. The number of nitrogens with one attached hydrogen (secondary N) is 1. The molecule has 2 fully saturated rings. The second-order valence-corrected chi connectivity index (χ2v) is 7.62. The van der Waals surface area contributed by atoms with Crippen LogP contribution >= 0.6 is 34.8 Å². The number of rotatable bonds is 4. The van der Waals surface area contributed by atoms with Crippen LogP contribution < -0.4 is 5.32 Å². The normalized spacial score (nSPS) is 21.0. The number of carbonyl (C=O) groups is 2. The molecule has 6 nitrogen and oxygen atoms in total. The van der Waals surface area contributed by atoms with Crippen LogP contribution in [-0.2, 0) is 14.3 Å². The molecule has 0 unspecified atom stereocenters. The van der Waals surface area contributed by atoms with Crippen LogP contribution in [0.4, 0.5) is 5.69 Å². The Morgan fingerprint density at radius 3 is 2.42 bits per heavy atom. The third-order valence-electron chi connectivity index (χ3n) is 4.54. The van der Waals surface area contributed by atoms with Gasteiger partial charge in [-0.05, 0) is 25.0 Å². The third-order valence-corrected chi connectivity index (χ3v) is 5.58. The summed E-state index contributed by atoms with van der Waals surface area (Å²) in [6.07, 6.45) is 1.45. The van der Waals surface area contributed by atoms with Crippen molar-refractivity contribution >= 4 is 52.3 Å². The SMILES string of the molecule is O=C(CN1CCN(C(=O)[C@@H]2CCCO2)CC1)Nc1cc(Cl)c(Cl)cc1Cl. The fourth-order valence-electron chi connectivity index (χ4n) is 3.11. The first-order valence-electron chi connectivity index (χ1n) is 8.51. The lowest BCUT2D eigenvalue weighted by molar-refractivity contribution is -0.142. The molecule has 1 atom stereocenters. The fraction of sp³-hybridized carbons (Fsp3) is 0.529. The van der Waals surface area contributed by atoms with Gasteiger partial charge in [-0.2, -0.15) is 0 Å². The molecule has 9 heteroatoms. The van der Waals surface area contributed by atoms with Crippen LogP contribution in [0.5, 0.6) is 0 Å². The first-order valence-corrected chi connectivity index (χ1v) is 9.64. The maximum Gasteiger partial charge on any atom is 0.251 e. The molecule has 26 heavy (non-hydrogen) atoms. The van der Waals surface area contributed by atoms with Crippen molar-refractivity contribution in [3.63, 3.8) is 0 Å². The van der Waals surface area contributed by atoms with Gasteiger partial charge in [0.15, 0.2) is 0 Å². The molecule has 0 bridgehead atoms. The Bertz CT molecular complexity index is 687. The van der Waals surface area contributed by atoms with E-state index in [0.717, 1.165) is 12.8 Å². The first-order chi connectivity index (χ1) is 12.4. The lowest BCUT2D eigenvalue weighted by atomic mass is 10.2. The van der Waals surface area contributed by atoms with Gasteiger partial charge in [0.2, 0.25) is 5.91 Å². The summed E-state index contributed by atoms with van der Waals surface area (Å²) in [7, 11) is 0. The summed E-state index contributed by atoms with van der Waals surface area (Å²) in [5.41, 5.74) is 0.429. The smallest absolute Gasteiger partial charge is 0.251 e. The summed E-state index contributed by atoms with van der Waals surface area (Å²) in [6, 6.07) is 3.03. The van der Waals surface area contributed by atoms with Crippen LogP contribution in [-0.4, -0.2) is 67.0 Å². The summed E-state index contributed by atoms with van der Waals surface area (Å²) in [5, 5.41) is 3.74. The third kappa shape index (κ3) is 4.81. The van der Waals surface area contributed by atoms with Crippen molar-refractivity contribution in [2.45, 2.75) is 18.9 Å². The molecule has 0 aliphatic carbocycles. The van der Waals surface area contributed by atoms with Gasteiger partial charge < -0.3 is 15.0 Å². The van der Waals surface area contributed by atoms with E-state index in [2.05, 4.69) is 5.32 Å². The minimum Gasteiger partial charge on any atom is -0.368 e. The van der Waals surface area contributed by atoms with Crippen LogP contribution in [0.2, 0.25) is 15.1 Å². The molecular formula is C17H20Cl3N3O3. The van der Waals surface area contributed by atoms with Gasteiger partial charge in [-0.1, -0.05) is 34.8 Å². The van der Waals surface area contributed by atoms with E-state index >= 15 is 0 Å². The van der Waals surface area contributed by atoms with Crippen molar-refractivity contribution in [2.75, 3.05) is 44.6 Å². The number of carbonyl (C=O) groups excluding carboxylic acids is 2. The quantitative estimate of drug-likeness (QED) is 0.761. The molecule has 0 saturated carbocycles. The molecule has 3 rings (SSSR count). The fourth-order valence-corrected chi connectivity index (χ4v) is 3.71. The number of benzene rings is 1. The van der Waals surface area contributed by atoms with E-state index in [1.807, 2.05) is 9.80 Å². The number of halogens is 3. The zero-order valence-corrected chi connectivity index (χ0v) is 16.4. The van der Waals surface area contributed by atoms with Gasteiger partial charge in [0.05, 0.1) is 27.3 Å². The zero-order chi connectivity index (χ0) is 18.7. The molecule has 2 aliphatic rings. The Morgan fingerprint density at radius 1 is 1.08 bits per heavy atom. The number of amides is 2. The largest absolute Gasteiger partial charge is 0.368 e.